The molecule has 2 aromatic carbocycles. The van der Waals surface area contributed by atoms with Crippen LogP contribution >= 0.6 is 11.8 Å². The van der Waals surface area contributed by atoms with Gasteiger partial charge in [0.05, 0.1) is 5.56 Å². The van der Waals surface area contributed by atoms with Crippen LogP contribution in [0.1, 0.15) is 5.56 Å². The van der Waals surface area contributed by atoms with E-state index in [1.165, 1.54) is 6.07 Å². The minimum atomic E-state index is -4.68. The van der Waals surface area contributed by atoms with Crippen molar-refractivity contribution >= 4 is 17.4 Å². The fourth-order valence-electron chi connectivity index (χ4n) is 1.73. The molecule has 0 aliphatic rings. The number of alkyl halides is 3. The van der Waals surface area contributed by atoms with Gasteiger partial charge < -0.3 is 5.32 Å². The molecule has 0 aliphatic heterocycles. The Morgan fingerprint density at radius 3 is 2.38 bits per heavy atom. The van der Waals surface area contributed by atoms with E-state index in [0.717, 1.165) is 17.0 Å². The monoisotopic (exact) mass is 315 g/mol. The molecule has 0 radical (unpaired) electrons. The van der Waals surface area contributed by atoms with Gasteiger partial charge in [0.25, 0.3) is 0 Å². The second-order valence-corrected chi connectivity index (χ2v) is 5.45. The minimum Gasteiger partial charge on any atom is -0.384 e. The lowest BCUT2D eigenvalue weighted by molar-refractivity contribution is -0.139. The maximum Gasteiger partial charge on any atom is 0.419 e. The van der Waals surface area contributed by atoms with Gasteiger partial charge in [0.15, 0.2) is 0 Å². The summed E-state index contributed by atoms with van der Waals surface area (Å²) >= 11 is 1.59. The highest BCUT2D eigenvalue weighted by Crippen LogP contribution is 2.33. The van der Waals surface area contributed by atoms with E-state index < -0.39 is 17.6 Å². The zero-order valence-electron chi connectivity index (χ0n) is 11.0. The van der Waals surface area contributed by atoms with E-state index in [-0.39, 0.29) is 5.69 Å². The van der Waals surface area contributed by atoms with Crippen molar-refractivity contribution in [2.24, 2.45) is 0 Å². The SMILES string of the molecule is Fc1ccc(NCCSc2ccccc2)cc1C(F)(F)F. The van der Waals surface area contributed by atoms with Crippen molar-refractivity contribution < 1.29 is 17.6 Å². The smallest absolute Gasteiger partial charge is 0.384 e. The standard InChI is InChI=1S/C15H13F4NS/c16-14-7-6-11(10-13(14)15(17,18)19)20-8-9-21-12-4-2-1-3-5-12/h1-7,10,20H,8-9H2. The zero-order chi connectivity index (χ0) is 15.3. The molecule has 1 nitrogen and oxygen atoms in total. The van der Waals surface area contributed by atoms with E-state index in [1.807, 2.05) is 30.3 Å². The Bertz CT molecular complexity index is 584. The first-order valence-corrected chi connectivity index (χ1v) is 7.24. The summed E-state index contributed by atoms with van der Waals surface area (Å²) in [4.78, 5) is 1.09. The van der Waals surface area contributed by atoms with E-state index in [1.54, 1.807) is 11.8 Å². The third-order valence-corrected chi connectivity index (χ3v) is 3.73. The Balaban J connectivity index is 1.89. The second-order valence-electron chi connectivity index (χ2n) is 4.28. The van der Waals surface area contributed by atoms with Gasteiger partial charge in [-0.3, -0.25) is 0 Å². The molecule has 21 heavy (non-hydrogen) atoms. The minimum absolute atomic E-state index is 0.261. The summed E-state index contributed by atoms with van der Waals surface area (Å²) in [7, 11) is 0. The molecule has 112 valence electrons. The molecule has 0 heterocycles. The molecular formula is C15H13F4NS. The topological polar surface area (TPSA) is 12.0 Å². The number of rotatable bonds is 5. The van der Waals surface area contributed by atoms with Crippen LogP contribution in [0.25, 0.3) is 0 Å². The summed E-state index contributed by atoms with van der Waals surface area (Å²) in [6.45, 7) is 0.489. The normalized spacial score (nSPS) is 11.4. The molecular weight excluding hydrogens is 302 g/mol. The summed E-state index contributed by atoms with van der Waals surface area (Å²) in [6, 6.07) is 12.6. The molecule has 2 aromatic rings. The van der Waals surface area contributed by atoms with Gasteiger partial charge in [-0.15, -0.1) is 11.8 Å². The number of hydrogen-bond acceptors (Lipinski definition) is 2. The molecule has 0 bridgehead atoms. The van der Waals surface area contributed by atoms with Crippen LogP contribution in [0.4, 0.5) is 23.2 Å². The van der Waals surface area contributed by atoms with Gasteiger partial charge in [-0.2, -0.15) is 13.2 Å². The van der Waals surface area contributed by atoms with Crippen molar-refractivity contribution in [3.63, 3.8) is 0 Å². The molecule has 0 aliphatic carbocycles. The summed E-state index contributed by atoms with van der Waals surface area (Å²) in [5, 5.41) is 2.87. The highest BCUT2D eigenvalue weighted by atomic mass is 32.2. The summed E-state index contributed by atoms with van der Waals surface area (Å²) in [5.74, 6) is -0.561. The first kappa shape index (κ1) is 15.7. The number of anilines is 1. The highest BCUT2D eigenvalue weighted by molar-refractivity contribution is 7.99. The van der Waals surface area contributed by atoms with Crippen LogP contribution in [0.5, 0.6) is 0 Å². The number of thioether (sulfide) groups is 1. The molecule has 0 saturated heterocycles. The van der Waals surface area contributed by atoms with Crippen molar-refractivity contribution in [1.29, 1.82) is 0 Å². The molecule has 1 N–H and O–H groups in total. The molecule has 2 rings (SSSR count). The Kier molecular flexibility index (Phi) is 5.12. The van der Waals surface area contributed by atoms with Crippen LogP contribution in [0, 0.1) is 5.82 Å². The third-order valence-electron chi connectivity index (χ3n) is 2.71. The molecule has 0 atom stereocenters. The third kappa shape index (κ3) is 4.67. The number of nitrogens with one attached hydrogen (secondary N) is 1. The Morgan fingerprint density at radius 1 is 1.00 bits per heavy atom. The maximum absolute atomic E-state index is 13.1. The maximum atomic E-state index is 13.1. The Morgan fingerprint density at radius 2 is 1.71 bits per heavy atom. The molecule has 0 unspecified atom stereocenters. The van der Waals surface area contributed by atoms with Gasteiger partial charge >= 0.3 is 6.18 Å². The van der Waals surface area contributed by atoms with Crippen LogP contribution in [-0.4, -0.2) is 12.3 Å². The van der Waals surface area contributed by atoms with Crippen LogP contribution in [0.3, 0.4) is 0 Å². The average Bonchev–Trinajstić information content (AvgIpc) is 2.45. The quantitative estimate of drug-likeness (QED) is 0.471. The molecule has 0 aromatic heterocycles. The van der Waals surface area contributed by atoms with E-state index in [9.17, 15) is 17.6 Å². The van der Waals surface area contributed by atoms with Crippen LogP contribution in [0.15, 0.2) is 53.4 Å². The molecule has 6 heteroatoms. The van der Waals surface area contributed by atoms with E-state index in [2.05, 4.69) is 5.32 Å². The second kappa shape index (κ2) is 6.85. The van der Waals surface area contributed by atoms with E-state index >= 15 is 0 Å². The Labute approximate surface area is 124 Å². The number of benzene rings is 2. The van der Waals surface area contributed by atoms with Crippen molar-refractivity contribution in [2.75, 3.05) is 17.6 Å². The zero-order valence-corrected chi connectivity index (χ0v) is 11.8. The van der Waals surface area contributed by atoms with Gasteiger partial charge in [-0.05, 0) is 30.3 Å². The first-order valence-electron chi connectivity index (χ1n) is 6.25. The van der Waals surface area contributed by atoms with Gasteiger partial charge in [0.2, 0.25) is 0 Å². The van der Waals surface area contributed by atoms with Gasteiger partial charge in [0, 0.05) is 22.9 Å². The van der Waals surface area contributed by atoms with Crippen LogP contribution in [0.2, 0.25) is 0 Å². The molecule has 0 amide bonds. The largest absolute Gasteiger partial charge is 0.419 e. The predicted molar refractivity (Wildman–Crippen MR) is 77.1 cm³/mol. The average molecular weight is 315 g/mol. The highest BCUT2D eigenvalue weighted by Gasteiger charge is 2.34. The van der Waals surface area contributed by atoms with Gasteiger partial charge in [0.1, 0.15) is 5.82 Å². The van der Waals surface area contributed by atoms with Crippen LogP contribution in [-0.2, 0) is 6.18 Å². The summed E-state index contributed by atoms with van der Waals surface area (Å²) in [5.41, 5.74) is -0.986. The fraction of sp³-hybridized carbons (Fsp3) is 0.200. The first-order chi connectivity index (χ1) is 9.97. The lowest BCUT2D eigenvalue weighted by atomic mass is 10.2. The van der Waals surface area contributed by atoms with E-state index in [0.29, 0.717) is 12.3 Å². The van der Waals surface area contributed by atoms with Crippen molar-refractivity contribution in [3.8, 4) is 0 Å². The Hall–Kier alpha value is -1.69. The molecule has 0 spiro atoms. The predicted octanol–water partition coefficient (Wildman–Crippen LogP) is 5.05. The van der Waals surface area contributed by atoms with Crippen molar-refractivity contribution in [3.05, 3.63) is 59.9 Å². The molecule has 0 fully saturated rings. The van der Waals surface area contributed by atoms with Gasteiger partial charge in [-0.1, -0.05) is 18.2 Å². The van der Waals surface area contributed by atoms with Crippen LogP contribution < -0.4 is 5.32 Å². The lowest BCUT2D eigenvalue weighted by Gasteiger charge is -2.11. The summed E-state index contributed by atoms with van der Waals surface area (Å²) in [6.07, 6.45) is -4.68. The van der Waals surface area contributed by atoms with E-state index in [4.69, 9.17) is 0 Å². The summed E-state index contributed by atoms with van der Waals surface area (Å²) < 4.78 is 50.8. The number of hydrogen-bond donors (Lipinski definition) is 1. The van der Waals surface area contributed by atoms with Gasteiger partial charge in [-0.25, -0.2) is 4.39 Å². The fourth-order valence-corrected chi connectivity index (χ4v) is 2.52. The van der Waals surface area contributed by atoms with Crippen molar-refractivity contribution in [1.82, 2.24) is 0 Å². The lowest BCUT2D eigenvalue weighted by Crippen LogP contribution is -2.10. The molecule has 0 saturated carbocycles. The number of halogens is 4. The van der Waals surface area contributed by atoms with Crippen molar-refractivity contribution in [2.45, 2.75) is 11.1 Å².